The SMILES string of the molecule is CCCn1nncc1C(NN)C1COc2ccccc2O1. The van der Waals surface area contributed by atoms with Crippen LogP contribution >= 0.6 is 0 Å². The van der Waals surface area contributed by atoms with Gasteiger partial charge in [-0.05, 0) is 18.6 Å². The molecule has 0 aliphatic carbocycles. The summed E-state index contributed by atoms with van der Waals surface area (Å²) in [5.74, 6) is 7.21. The molecule has 0 spiro atoms. The Morgan fingerprint density at radius 1 is 1.43 bits per heavy atom. The van der Waals surface area contributed by atoms with Crippen LogP contribution in [0.3, 0.4) is 0 Å². The first kappa shape index (κ1) is 13.8. The van der Waals surface area contributed by atoms with Crippen molar-refractivity contribution in [2.75, 3.05) is 6.61 Å². The van der Waals surface area contributed by atoms with E-state index in [9.17, 15) is 0 Å². The normalized spacial score (nSPS) is 18.5. The molecule has 1 aliphatic heterocycles. The average molecular weight is 289 g/mol. The summed E-state index contributed by atoms with van der Waals surface area (Å²) in [5, 5.41) is 8.06. The van der Waals surface area contributed by atoms with Crippen LogP contribution in [-0.4, -0.2) is 27.7 Å². The van der Waals surface area contributed by atoms with Gasteiger partial charge in [0.15, 0.2) is 17.6 Å². The molecule has 1 aromatic heterocycles. The van der Waals surface area contributed by atoms with E-state index in [-0.39, 0.29) is 12.1 Å². The largest absolute Gasteiger partial charge is 0.486 e. The molecule has 2 atom stereocenters. The molecule has 0 bridgehead atoms. The number of nitrogens with two attached hydrogens (primary N) is 1. The van der Waals surface area contributed by atoms with E-state index in [0.29, 0.717) is 6.61 Å². The molecule has 1 aromatic carbocycles. The minimum Gasteiger partial charge on any atom is -0.486 e. The van der Waals surface area contributed by atoms with Crippen molar-refractivity contribution >= 4 is 0 Å². The van der Waals surface area contributed by atoms with Gasteiger partial charge in [-0.3, -0.25) is 5.84 Å². The molecule has 0 radical (unpaired) electrons. The lowest BCUT2D eigenvalue weighted by atomic mass is 10.1. The monoisotopic (exact) mass is 289 g/mol. The highest BCUT2D eigenvalue weighted by Gasteiger charge is 2.31. The van der Waals surface area contributed by atoms with Crippen molar-refractivity contribution in [1.82, 2.24) is 20.4 Å². The molecule has 3 N–H and O–H groups in total. The van der Waals surface area contributed by atoms with Crippen LogP contribution in [0.15, 0.2) is 30.5 Å². The van der Waals surface area contributed by atoms with Gasteiger partial charge in [0.2, 0.25) is 0 Å². The number of benzene rings is 1. The minimum absolute atomic E-state index is 0.236. The minimum atomic E-state index is -0.237. The van der Waals surface area contributed by atoms with E-state index in [0.717, 1.165) is 30.2 Å². The molecule has 2 heterocycles. The second-order valence-corrected chi connectivity index (χ2v) is 4.94. The van der Waals surface area contributed by atoms with Crippen LogP contribution < -0.4 is 20.7 Å². The molecule has 0 fully saturated rings. The van der Waals surface area contributed by atoms with Crippen molar-refractivity contribution < 1.29 is 9.47 Å². The third-order valence-corrected chi connectivity index (χ3v) is 3.48. The number of fused-ring (bicyclic) bond motifs is 1. The number of ether oxygens (including phenoxy) is 2. The smallest absolute Gasteiger partial charge is 0.161 e. The highest BCUT2D eigenvalue weighted by Crippen LogP contribution is 2.34. The van der Waals surface area contributed by atoms with Gasteiger partial charge in [-0.1, -0.05) is 24.3 Å². The fraction of sp³-hybridized carbons (Fsp3) is 0.429. The van der Waals surface area contributed by atoms with Gasteiger partial charge in [0, 0.05) is 6.54 Å². The molecule has 1 aliphatic rings. The summed E-state index contributed by atoms with van der Waals surface area (Å²) in [6.07, 6.45) is 2.45. The van der Waals surface area contributed by atoms with Crippen LogP contribution in [0.2, 0.25) is 0 Å². The van der Waals surface area contributed by atoms with Crippen molar-refractivity contribution in [3.8, 4) is 11.5 Å². The summed E-state index contributed by atoms with van der Waals surface area (Å²) in [5.41, 5.74) is 3.69. The first-order valence-electron chi connectivity index (χ1n) is 7.06. The Kier molecular flexibility index (Phi) is 4.03. The number of rotatable bonds is 5. The Morgan fingerprint density at radius 3 is 3.00 bits per heavy atom. The summed E-state index contributed by atoms with van der Waals surface area (Å²) < 4.78 is 13.6. The van der Waals surface area contributed by atoms with E-state index in [1.807, 2.05) is 28.9 Å². The predicted octanol–water partition coefficient (Wildman–Crippen LogP) is 1.03. The molecular formula is C14H19N5O2. The van der Waals surface area contributed by atoms with Gasteiger partial charge in [0.05, 0.1) is 11.9 Å². The Hall–Kier alpha value is -2.12. The first-order valence-corrected chi connectivity index (χ1v) is 7.06. The molecule has 7 nitrogen and oxygen atoms in total. The maximum Gasteiger partial charge on any atom is 0.161 e. The predicted molar refractivity (Wildman–Crippen MR) is 76.7 cm³/mol. The molecule has 0 amide bonds. The lowest BCUT2D eigenvalue weighted by Crippen LogP contribution is -2.45. The van der Waals surface area contributed by atoms with Crippen LogP contribution in [-0.2, 0) is 6.54 Å². The summed E-state index contributed by atoms with van der Waals surface area (Å²) in [6.45, 7) is 3.30. The second kappa shape index (κ2) is 6.11. The molecule has 112 valence electrons. The Morgan fingerprint density at radius 2 is 2.24 bits per heavy atom. The Balaban J connectivity index is 1.83. The Labute approximate surface area is 123 Å². The number of aryl methyl sites for hydroxylation is 1. The second-order valence-electron chi connectivity index (χ2n) is 4.94. The first-order chi connectivity index (χ1) is 10.3. The van der Waals surface area contributed by atoms with E-state index in [4.69, 9.17) is 15.3 Å². The molecule has 7 heteroatoms. The zero-order valence-electron chi connectivity index (χ0n) is 11.9. The van der Waals surface area contributed by atoms with E-state index < -0.39 is 0 Å². The van der Waals surface area contributed by atoms with Crippen LogP contribution in [0, 0.1) is 0 Å². The summed E-state index contributed by atoms with van der Waals surface area (Å²) >= 11 is 0. The lowest BCUT2D eigenvalue weighted by molar-refractivity contribution is 0.0591. The number of hydrogen-bond acceptors (Lipinski definition) is 6. The molecule has 0 saturated heterocycles. The van der Waals surface area contributed by atoms with Crippen LogP contribution in [0.4, 0.5) is 0 Å². The summed E-state index contributed by atoms with van der Waals surface area (Å²) in [6, 6.07) is 7.37. The summed E-state index contributed by atoms with van der Waals surface area (Å²) in [4.78, 5) is 0. The van der Waals surface area contributed by atoms with Gasteiger partial charge < -0.3 is 9.47 Å². The fourth-order valence-corrected chi connectivity index (χ4v) is 2.48. The van der Waals surface area contributed by atoms with E-state index in [1.165, 1.54) is 0 Å². The molecule has 21 heavy (non-hydrogen) atoms. The van der Waals surface area contributed by atoms with E-state index in [2.05, 4.69) is 22.7 Å². The molecular weight excluding hydrogens is 270 g/mol. The highest BCUT2D eigenvalue weighted by atomic mass is 16.6. The van der Waals surface area contributed by atoms with Crippen LogP contribution in [0.1, 0.15) is 25.1 Å². The van der Waals surface area contributed by atoms with Crippen molar-refractivity contribution in [3.05, 3.63) is 36.2 Å². The van der Waals surface area contributed by atoms with Gasteiger partial charge >= 0.3 is 0 Å². The van der Waals surface area contributed by atoms with Gasteiger partial charge in [0.25, 0.3) is 0 Å². The van der Waals surface area contributed by atoms with Crippen LogP contribution in [0.5, 0.6) is 11.5 Å². The maximum atomic E-state index is 6.01. The topological polar surface area (TPSA) is 87.2 Å². The van der Waals surface area contributed by atoms with Gasteiger partial charge in [-0.25, -0.2) is 10.1 Å². The van der Waals surface area contributed by atoms with Gasteiger partial charge in [0.1, 0.15) is 12.6 Å². The van der Waals surface area contributed by atoms with E-state index in [1.54, 1.807) is 6.20 Å². The standard InChI is InChI=1S/C14H19N5O2/c1-2-7-19-10(8-16-18-19)14(17-15)13-9-20-11-5-3-4-6-12(11)21-13/h3-6,8,13-14,17H,2,7,9,15H2,1H3. The quantitative estimate of drug-likeness (QED) is 0.631. The van der Waals surface area contributed by atoms with Gasteiger partial charge in [-0.15, -0.1) is 5.10 Å². The molecule has 0 saturated carbocycles. The number of nitrogens with zero attached hydrogens (tertiary/aromatic N) is 3. The van der Waals surface area contributed by atoms with E-state index >= 15 is 0 Å². The molecule has 3 rings (SSSR count). The highest BCUT2D eigenvalue weighted by molar-refractivity contribution is 5.41. The van der Waals surface area contributed by atoms with Crippen molar-refractivity contribution in [3.63, 3.8) is 0 Å². The zero-order chi connectivity index (χ0) is 14.7. The van der Waals surface area contributed by atoms with Crippen LogP contribution in [0.25, 0.3) is 0 Å². The number of nitrogens with one attached hydrogen (secondary N) is 1. The molecule has 2 aromatic rings. The average Bonchev–Trinajstić information content (AvgIpc) is 2.97. The number of hydrazine groups is 1. The fourth-order valence-electron chi connectivity index (χ4n) is 2.48. The van der Waals surface area contributed by atoms with Crippen molar-refractivity contribution in [2.24, 2.45) is 5.84 Å². The molecule has 2 unspecified atom stereocenters. The van der Waals surface area contributed by atoms with Crippen molar-refractivity contribution in [1.29, 1.82) is 0 Å². The van der Waals surface area contributed by atoms with Gasteiger partial charge in [-0.2, -0.15) is 0 Å². The number of aromatic nitrogens is 3. The summed E-state index contributed by atoms with van der Waals surface area (Å²) in [7, 11) is 0. The number of para-hydroxylation sites is 2. The van der Waals surface area contributed by atoms with Crippen molar-refractivity contribution in [2.45, 2.75) is 32.0 Å². The third-order valence-electron chi connectivity index (χ3n) is 3.48. The Bertz CT molecular complexity index is 601. The third kappa shape index (κ3) is 2.70. The maximum absolute atomic E-state index is 6.01. The lowest BCUT2D eigenvalue weighted by Gasteiger charge is -2.31. The number of hydrogen-bond donors (Lipinski definition) is 2. The zero-order valence-corrected chi connectivity index (χ0v) is 11.9.